The van der Waals surface area contributed by atoms with Gasteiger partial charge < -0.3 is 5.32 Å². The molecule has 0 fully saturated rings. The Bertz CT molecular complexity index is 1260. The van der Waals surface area contributed by atoms with E-state index in [4.69, 9.17) is 0 Å². The molecule has 0 spiro atoms. The molecule has 3 rings (SSSR count). The van der Waals surface area contributed by atoms with Crippen molar-refractivity contribution in [1.82, 2.24) is 14.3 Å². The molecule has 1 atom stereocenters. The molecule has 12 heteroatoms. The lowest BCUT2D eigenvalue weighted by Crippen LogP contribution is -2.24. The Labute approximate surface area is 187 Å². The molecule has 1 heterocycles. The number of aromatic nitrogens is 2. The van der Waals surface area contributed by atoms with E-state index in [1.54, 1.807) is 18.2 Å². The number of sulfonamides is 1. The number of rotatable bonds is 6. The van der Waals surface area contributed by atoms with Gasteiger partial charge in [0.15, 0.2) is 0 Å². The zero-order chi connectivity index (χ0) is 23.7. The number of carbonyl (C=O) groups is 1. The Morgan fingerprint density at radius 1 is 1.09 bits per heavy atom. The molecule has 0 aliphatic rings. The number of anilines is 1. The van der Waals surface area contributed by atoms with Crippen molar-refractivity contribution in [2.75, 3.05) is 19.4 Å². The third-order valence-corrected chi connectivity index (χ3v) is 7.27. The highest BCUT2D eigenvalue weighted by Gasteiger charge is 2.36. The van der Waals surface area contributed by atoms with Crippen molar-refractivity contribution in [2.24, 2.45) is 0 Å². The van der Waals surface area contributed by atoms with Crippen molar-refractivity contribution >= 4 is 44.3 Å². The number of para-hydroxylation sites is 1. The quantitative estimate of drug-likeness (QED) is 0.420. The minimum absolute atomic E-state index is 0.00257. The number of carbonyl (C=O) groups excluding carboxylic acids is 1. The molecule has 1 aromatic heterocycles. The number of halogens is 3. The molecule has 0 saturated carbocycles. The van der Waals surface area contributed by atoms with Gasteiger partial charge in [0, 0.05) is 25.2 Å². The smallest absolute Gasteiger partial charge is 0.325 e. The minimum atomic E-state index is -4.73. The summed E-state index contributed by atoms with van der Waals surface area (Å²) in [5, 5.41) is 2.18. The molecular formula is C20H19F3N4O3S2. The van der Waals surface area contributed by atoms with Gasteiger partial charge in [-0.15, -0.1) is 0 Å². The van der Waals surface area contributed by atoms with Crippen molar-refractivity contribution in [2.45, 2.75) is 28.3 Å². The highest BCUT2D eigenvalue weighted by Crippen LogP contribution is 2.34. The summed E-state index contributed by atoms with van der Waals surface area (Å²) in [6.07, 6.45) is -4.73. The lowest BCUT2D eigenvalue weighted by molar-refractivity contribution is -0.145. The van der Waals surface area contributed by atoms with E-state index in [-0.39, 0.29) is 21.1 Å². The molecule has 32 heavy (non-hydrogen) atoms. The molecule has 7 nitrogen and oxygen atoms in total. The van der Waals surface area contributed by atoms with Crippen LogP contribution in [0.15, 0.2) is 58.5 Å². The molecule has 0 bridgehead atoms. The van der Waals surface area contributed by atoms with Gasteiger partial charge in [-0.2, -0.15) is 13.2 Å². The van der Waals surface area contributed by atoms with Gasteiger partial charge in [0.25, 0.3) is 0 Å². The van der Waals surface area contributed by atoms with Gasteiger partial charge in [-0.1, -0.05) is 36.0 Å². The van der Waals surface area contributed by atoms with Gasteiger partial charge >= 0.3 is 6.18 Å². The second kappa shape index (κ2) is 9.04. The fraction of sp³-hybridized carbons (Fsp3) is 0.250. The van der Waals surface area contributed by atoms with Gasteiger partial charge in [-0.3, -0.25) is 4.79 Å². The van der Waals surface area contributed by atoms with E-state index in [1.165, 1.54) is 51.4 Å². The van der Waals surface area contributed by atoms with Gasteiger partial charge in [0.1, 0.15) is 5.03 Å². The van der Waals surface area contributed by atoms with Crippen molar-refractivity contribution in [3.8, 4) is 0 Å². The number of hydrogen-bond acceptors (Lipinski definition) is 6. The third kappa shape index (κ3) is 5.19. The third-order valence-electron chi connectivity index (χ3n) is 4.36. The normalized spacial score (nSPS) is 13.3. The number of nitrogens with zero attached hydrogens (tertiary/aromatic N) is 3. The van der Waals surface area contributed by atoms with Crippen LogP contribution in [0.3, 0.4) is 0 Å². The molecule has 3 aromatic rings. The zero-order valence-corrected chi connectivity index (χ0v) is 18.8. The first-order chi connectivity index (χ1) is 14.9. The first kappa shape index (κ1) is 24.0. The predicted molar refractivity (Wildman–Crippen MR) is 116 cm³/mol. The molecule has 1 unspecified atom stereocenters. The van der Waals surface area contributed by atoms with Crippen LogP contribution in [0.2, 0.25) is 0 Å². The number of nitrogens with one attached hydrogen (secondary N) is 1. The van der Waals surface area contributed by atoms with E-state index in [1.807, 2.05) is 0 Å². The van der Waals surface area contributed by atoms with E-state index in [9.17, 15) is 26.4 Å². The molecule has 0 aliphatic heterocycles. The van der Waals surface area contributed by atoms with Gasteiger partial charge in [-0.25, -0.2) is 22.7 Å². The highest BCUT2D eigenvalue weighted by atomic mass is 32.2. The summed E-state index contributed by atoms with van der Waals surface area (Å²) >= 11 is 0.856. The Kier molecular flexibility index (Phi) is 6.77. The lowest BCUT2D eigenvalue weighted by Gasteiger charge is -2.15. The first-order valence-corrected chi connectivity index (χ1v) is 11.6. The van der Waals surface area contributed by atoms with Gasteiger partial charge in [0.2, 0.25) is 21.8 Å². The first-order valence-electron chi connectivity index (χ1n) is 9.23. The van der Waals surface area contributed by atoms with E-state index in [0.29, 0.717) is 5.39 Å². The summed E-state index contributed by atoms with van der Waals surface area (Å²) < 4.78 is 65.2. The number of hydrogen-bond donors (Lipinski definition) is 1. The highest BCUT2D eigenvalue weighted by molar-refractivity contribution is 8.00. The Morgan fingerprint density at radius 2 is 1.78 bits per heavy atom. The van der Waals surface area contributed by atoms with E-state index < -0.39 is 33.2 Å². The second-order valence-electron chi connectivity index (χ2n) is 6.93. The molecular weight excluding hydrogens is 465 g/mol. The maximum Gasteiger partial charge on any atom is 0.451 e. The molecule has 0 saturated heterocycles. The van der Waals surface area contributed by atoms with Crippen LogP contribution >= 0.6 is 11.8 Å². The summed E-state index contributed by atoms with van der Waals surface area (Å²) in [6.45, 7) is 1.52. The van der Waals surface area contributed by atoms with Crippen LogP contribution in [0.25, 0.3) is 10.9 Å². The number of fused-ring (bicyclic) bond motifs is 1. The van der Waals surface area contributed by atoms with Crippen LogP contribution in [0.1, 0.15) is 12.7 Å². The maximum atomic E-state index is 13.2. The van der Waals surface area contributed by atoms with E-state index in [2.05, 4.69) is 15.3 Å². The summed E-state index contributed by atoms with van der Waals surface area (Å²) in [4.78, 5) is 19.9. The van der Waals surface area contributed by atoms with Crippen LogP contribution < -0.4 is 5.32 Å². The van der Waals surface area contributed by atoms with E-state index in [0.717, 1.165) is 16.1 Å². The Hall–Kier alpha value is -2.70. The van der Waals surface area contributed by atoms with Gasteiger partial charge in [-0.05, 0) is 31.2 Å². The molecule has 0 radical (unpaired) electrons. The number of benzene rings is 2. The van der Waals surface area contributed by atoms with Crippen LogP contribution in [-0.4, -0.2) is 47.9 Å². The maximum absolute atomic E-state index is 13.2. The van der Waals surface area contributed by atoms with Crippen LogP contribution in [-0.2, 0) is 21.0 Å². The van der Waals surface area contributed by atoms with Crippen LogP contribution in [0.4, 0.5) is 18.9 Å². The summed E-state index contributed by atoms with van der Waals surface area (Å²) in [5.41, 5.74) is 0.362. The van der Waals surface area contributed by atoms with Crippen molar-refractivity contribution in [1.29, 1.82) is 0 Å². The average molecular weight is 485 g/mol. The second-order valence-corrected chi connectivity index (χ2v) is 10.4. The fourth-order valence-corrected chi connectivity index (χ4v) is 4.56. The fourth-order valence-electron chi connectivity index (χ4n) is 2.67. The predicted octanol–water partition coefficient (Wildman–Crippen LogP) is 4.02. The molecule has 1 amide bonds. The topological polar surface area (TPSA) is 92.3 Å². The number of thioether (sulfide) groups is 1. The van der Waals surface area contributed by atoms with Crippen molar-refractivity contribution < 1.29 is 26.4 Å². The minimum Gasteiger partial charge on any atom is -0.325 e. The summed E-state index contributed by atoms with van der Waals surface area (Å²) in [6, 6.07) is 11.9. The van der Waals surface area contributed by atoms with E-state index >= 15 is 0 Å². The van der Waals surface area contributed by atoms with Crippen molar-refractivity contribution in [3.05, 3.63) is 54.4 Å². The molecule has 2 aromatic carbocycles. The standard InChI is InChI=1S/C20H19F3N4O3S2/c1-12(17(28)24-13-7-6-8-14(11-13)32(29,30)27(2)3)31-18-15-9-4-5-10-16(15)25-19(26-18)20(21,22)23/h4-12H,1-3H3,(H,24,28). The largest absolute Gasteiger partial charge is 0.451 e. The Morgan fingerprint density at radius 3 is 2.44 bits per heavy atom. The zero-order valence-electron chi connectivity index (χ0n) is 17.2. The number of alkyl halides is 3. The number of amides is 1. The summed E-state index contributed by atoms with van der Waals surface area (Å²) in [7, 11) is -0.915. The SMILES string of the molecule is CC(Sc1nc(C(F)(F)F)nc2ccccc12)C(=O)Nc1cccc(S(=O)(=O)N(C)C)c1. The summed E-state index contributed by atoms with van der Waals surface area (Å²) in [5.74, 6) is -1.81. The Balaban J connectivity index is 1.85. The lowest BCUT2D eigenvalue weighted by atomic mass is 10.2. The van der Waals surface area contributed by atoms with Crippen molar-refractivity contribution in [3.63, 3.8) is 0 Å². The average Bonchev–Trinajstić information content (AvgIpc) is 2.73. The molecule has 1 N–H and O–H groups in total. The molecule has 170 valence electrons. The molecule has 0 aliphatic carbocycles. The van der Waals surface area contributed by atoms with Gasteiger partial charge in [0.05, 0.1) is 15.7 Å². The van der Waals surface area contributed by atoms with Crippen LogP contribution in [0, 0.1) is 0 Å². The van der Waals surface area contributed by atoms with Crippen LogP contribution in [0.5, 0.6) is 0 Å². The monoisotopic (exact) mass is 484 g/mol.